The smallest absolute Gasteiger partial charge is 0.248 e. The van der Waals surface area contributed by atoms with Gasteiger partial charge in [-0.15, -0.1) is 0 Å². The van der Waals surface area contributed by atoms with Gasteiger partial charge in [0.25, 0.3) is 0 Å². The fourth-order valence-electron chi connectivity index (χ4n) is 3.62. The van der Waals surface area contributed by atoms with E-state index in [2.05, 4.69) is 10.2 Å². The van der Waals surface area contributed by atoms with Gasteiger partial charge in [-0.3, -0.25) is 4.79 Å². The molecule has 2 aromatic rings. The first-order valence-corrected chi connectivity index (χ1v) is 11.8. The predicted octanol–water partition coefficient (Wildman–Crippen LogP) is 3.97. The molecule has 30 heavy (non-hydrogen) atoms. The van der Waals surface area contributed by atoms with Crippen LogP contribution < -0.4 is 10.2 Å². The minimum atomic E-state index is -3.48. The second-order valence-electron chi connectivity index (χ2n) is 7.19. The molecular formula is C23H29N3O3S. The molecule has 1 aliphatic rings. The van der Waals surface area contributed by atoms with E-state index in [0.29, 0.717) is 13.1 Å². The first-order chi connectivity index (χ1) is 14.5. The van der Waals surface area contributed by atoms with Crippen molar-refractivity contribution in [2.75, 3.05) is 36.4 Å². The zero-order valence-electron chi connectivity index (χ0n) is 17.5. The van der Waals surface area contributed by atoms with Gasteiger partial charge >= 0.3 is 0 Å². The number of benzene rings is 2. The maximum atomic E-state index is 12.6. The first kappa shape index (κ1) is 22.1. The maximum Gasteiger partial charge on any atom is 0.248 e. The highest BCUT2D eigenvalue weighted by Gasteiger charge is 2.21. The van der Waals surface area contributed by atoms with Crippen LogP contribution in [0.2, 0.25) is 0 Å². The topological polar surface area (TPSA) is 69.7 Å². The monoisotopic (exact) mass is 427 g/mol. The lowest BCUT2D eigenvalue weighted by Gasteiger charge is -2.21. The standard InChI is InChI=1S/C23H29N3O3S/c1-3-26(4-2)30(28,29)20-14-11-19(12-15-20)13-16-23(27)24-21-9-5-6-10-22(21)25-17-7-8-18-25/h5-6,9-16H,3-4,7-8,17-18H2,1-2H3,(H,24,27)/b16-13+. The summed E-state index contributed by atoms with van der Waals surface area (Å²) in [6, 6.07) is 14.4. The molecule has 1 heterocycles. The van der Waals surface area contributed by atoms with Crippen LogP contribution in [-0.4, -0.2) is 44.8 Å². The normalized spacial score (nSPS) is 14.6. The van der Waals surface area contributed by atoms with Gasteiger partial charge in [0.2, 0.25) is 15.9 Å². The van der Waals surface area contributed by atoms with E-state index in [1.807, 2.05) is 38.1 Å². The molecule has 0 saturated carbocycles. The van der Waals surface area contributed by atoms with Crippen LogP contribution in [0.1, 0.15) is 32.3 Å². The molecule has 1 saturated heterocycles. The summed E-state index contributed by atoms with van der Waals surface area (Å²) in [6.07, 6.45) is 5.49. The highest BCUT2D eigenvalue weighted by molar-refractivity contribution is 7.89. The molecule has 0 radical (unpaired) electrons. The van der Waals surface area contributed by atoms with Crippen LogP contribution in [0.4, 0.5) is 11.4 Å². The van der Waals surface area contributed by atoms with Gasteiger partial charge in [-0.05, 0) is 48.7 Å². The Morgan fingerprint density at radius 2 is 1.67 bits per heavy atom. The fraction of sp³-hybridized carbons (Fsp3) is 0.348. The number of carbonyl (C=O) groups excluding carboxylic acids is 1. The number of anilines is 2. The van der Waals surface area contributed by atoms with Crippen molar-refractivity contribution in [3.8, 4) is 0 Å². The molecule has 1 aliphatic heterocycles. The molecule has 2 aromatic carbocycles. The Morgan fingerprint density at radius 1 is 1.03 bits per heavy atom. The quantitative estimate of drug-likeness (QED) is 0.647. The zero-order chi connectivity index (χ0) is 21.6. The summed E-state index contributed by atoms with van der Waals surface area (Å²) in [7, 11) is -3.48. The fourth-order valence-corrected chi connectivity index (χ4v) is 5.08. The van der Waals surface area contributed by atoms with E-state index in [1.54, 1.807) is 30.3 Å². The maximum absolute atomic E-state index is 12.6. The second kappa shape index (κ2) is 9.91. The molecule has 1 amide bonds. The highest BCUT2D eigenvalue weighted by atomic mass is 32.2. The molecule has 0 aromatic heterocycles. The molecule has 0 unspecified atom stereocenters. The van der Waals surface area contributed by atoms with Crippen molar-refractivity contribution in [1.82, 2.24) is 4.31 Å². The van der Waals surface area contributed by atoms with Crippen molar-refractivity contribution in [3.05, 3.63) is 60.2 Å². The van der Waals surface area contributed by atoms with Gasteiger partial charge in [0.05, 0.1) is 16.3 Å². The number of sulfonamides is 1. The van der Waals surface area contributed by atoms with E-state index in [-0.39, 0.29) is 10.8 Å². The van der Waals surface area contributed by atoms with E-state index in [4.69, 9.17) is 0 Å². The molecule has 0 bridgehead atoms. The summed E-state index contributed by atoms with van der Waals surface area (Å²) in [6.45, 7) is 6.51. The number of nitrogens with zero attached hydrogens (tertiary/aromatic N) is 2. The van der Waals surface area contributed by atoms with E-state index in [1.165, 1.54) is 23.2 Å². The molecule has 3 rings (SSSR count). The van der Waals surface area contributed by atoms with Crippen LogP contribution in [0.15, 0.2) is 59.5 Å². The summed E-state index contributed by atoms with van der Waals surface area (Å²) in [4.78, 5) is 15.0. The predicted molar refractivity (Wildman–Crippen MR) is 122 cm³/mol. The third-order valence-electron chi connectivity index (χ3n) is 5.26. The van der Waals surface area contributed by atoms with Gasteiger partial charge in [0.15, 0.2) is 0 Å². The third kappa shape index (κ3) is 5.09. The largest absolute Gasteiger partial charge is 0.370 e. The minimum Gasteiger partial charge on any atom is -0.370 e. The van der Waals surface area contributed by atoms with Crippen LogP contribution in [0.5, 0.6) is 0 Å². The van der Waals surface area contributed by atoms with E-state index >= 15 is 0 Å². The summed E-state index contributed by atoms with van der Waals surface area (Å²) >= 11 is 0. The average molecular weight is 428 g/mol. The molecule has 0 aliphatic carbocycles. The summed E-state index contributed by atoms with van der Waals surface area (Å²) in [5.74, 6) is -0.221. The second-order valence-corrected chi connectivity index (χ2v) is 9.13. The highest BCUT2D eigenvalue weighted by Crippen LogP contribution is 2.28. The molecule has 6 nitrogen and oxygen atoms in total. The Hall–Kier alpha value is -2.64. The van der Waals surface area contributed by atoms with Gasteiger partial charge < -0.3 is 10.2 Å². The van der Waals surface area contributed by atoms with Crippen LogP contribution in [-0.2, 0) is 14.8 Å². The summed E-state index contributed by atoms with van der Waals surface area (Å²) in [5.41, 5.74) is 2.61. The van der Waals surface area contributed by atoms with Crippen molar-refractivity contribution in [2.45, 2.75) is 31.6 Å². The third-order valence-corrected chi connectivity index (χ3v) is 7.32. The SMILES string of the molecule is CCN(CC)S(=O)(=O)c1ccc(/C=C/C(=O)Nc2ccccc2N2CCCC2)cc1. The molecular weight excluding hydrogens is 398 g/mol. The van der Waals surface area contributed by atoms with Gasteiger partial charge in [0.1, 0.15) is 0 Å². The van der Waals surface area contributed by atoms with Crippen LogP contribution in [0.3, 0.4) is 0 Å². The Labute approximate surface area is 179 Å². The van der Waals surface area contributed by atoms with Gasteiger partial charge in [-0.2, -0.15) is 4.31 Å². The summed E-state index contributed by atoms with van der Waals surface area (Å²) < 4.78 is 26.5. The first-order valence-electron chi connectivity index (χ1n) is 10.4. The van der Waals surface area contributed by atoms with Crippen LogP contribution in [0, 0.1) is 0 Å². The number of amides is 1. The van der Waals surface area contributed by atoms with Gasteiger partial charge in [-0.1, -0.05) is 38.1 Å². The average Bonchev–Trinajstić information content (AvgIpc) is 3.28. The number of hydrogen-bond acceptors (Lipinski definition) is 4. The molecule has 7 heteroatoms. The van der Waals surface area contributed by atoms with E-state index in [0.717, 1.165) is 30.0 Å². The Bertz CT molecular complexity index is 991. The lowest BCUT2D eigenvalue weighted by Crippen LogP contribution is -2.30. The Kier molecular flexibility index (Phi) is 7.29. The number of nitrogens with one attached hydrogen (secondary N) is 1. The van der Waals surface area contributed by atoms with Crippen molar-refractivity contribution in [1.29, 1.82) is 0 Å². The zero-order valence-corrected chi connectivity index (χ0v) is 18.4. The minimum absolute atomic E-state index is 0.221. The molecule has 1 N–H and O–H groups in total. The van der Waals surface area contributed by atoms with Crippen molar-refractivity contribution < 1.29 is 13.2 Å². The van der Waals surface area contributed by atoms with E-state index in [9.17, 15) is 13.2 Å². The molecule has 0 spiro atoms. The summed E-state index contributed by atoms with van der Waals surface area (Å²) in [5, 5.41) is 2.95. The van der Waals surface area contributed by atoms with Crippen LogP contribution in [0.25, 0.3) is 6.08 Å². The molecule has 0 atom stereocenters. The number of carbonyl (C=O) groups is 1. The number of para-hydroxylation sites is 2. The van der Waals surface area contributed by atoms with Crippen LogP contribution >= 0.6 is 0 Å². The van der Waals surface area contributed by atoms with Gasteiger partial charge in [-0.25, -0.2) is 8.42 Å². The Morgan fingerprint density at radius 3 is 2.30 bits per heavy atom. The van der Waals surface area contributed by atoms with Crippen molar-refractivity contribution >= 4 is 33.4 Å². The lowest BCUT2D eigenvalue weighted by atomic mass is 10.2. The lowest BCUT2D eigenvalue weighted by molar-refractivity contribution is -0.111. The molecule has 1 fully saturated rings. The number of rotatable bonds is 8. The Balaban J connectivity index is 1.67. The van der Waals surface area contributed by atoms with Crippen molar-refractivity contribution in [3.63, 3.8) is 0 Å². The van der Waals surface area contributed by atoms with Gasteiger partial charge in [0, 0.05) is 32.3 Å². The number of hydrogen-bond donors (Lipinski definition) is 1. The molecule has 160 valence electrons. The van der Waals surface area contributed by atoms with E-state index < -0.39 is 10.0 Å². The van der Waals surface area contributed by atoms with Crippen molar-refractivity contribution in [2.24, 2.45) is 0 Å².